The Balaban J connectivity index is 0.000000196. The Bertz CT molecular complexity index is 1160. The minimum Gasteiger partial charge on any atom is -0.277 e. The van der Waals surface area contributed by atoms with Crippen LogP contribution in [0.3, 0.4) is 0 Å². The van der Waals surface area contributed by atoms with Crippen LogP contribution in [0.25, 0.3) is 0 Å². The van der Waals surface area contributed by atoms with E-state index in [9.17, 15) is 28.8 Å². The molecule has 2 aliphatic heterocycles. The summed E-state index contributed by atoms with van der Waals surface area (Å²) in [4.78, 5) is 71.9. The zero-order valence-corrected chi connectivity index (χ0v) is 19.6. The van der Waals surface area contributed by atoms with Crippen LogP contribution in [0.4, 0.5) is 9.59 Å². The summed E-state index contributed by atoms with van der Waals surface area (Å²) in [6, 6.07) is 16.1. The summed E-state index contributed by atoms with van der Waals surface area (Å²) >= 11 is 0. The Morgan fingerprint density at radius 2 is 1.03 bits per heavy atom. The Morgan fingerprint density at radius 3 is 1.46 bits per heavy atom. The molecule has 0 spiro atoms. The molecule has 8 amide bonds. The van der Waals surface area contributed by atoms with Gasteiger partial charge in [-0.15, -0.1) is 0 Å². The van der Waals surface area contributed by atoms with Crippen molar-refractivity contribution in [2.24, 2.45) is 0 Å². The van der Waals surface area contributed by atoms with Crippen molar-refractivity contribution in [3.63, 3.8) is 0 Å². The monoisotopic (exact) mass is 478 g/mol. The Kier molecular flexibility index (Phi) is 7.14. The van der Waals surface area contributed by atoms with Gasteiger partial charge in [0.15, 0.2) is 10.8 Å². The van der Waals surface area contributed by atoms with Gasteiger partial charge in [0.1, 0.15) is 0 Å². The number of amides is 8. The second kappa shape index (κ2) is 9.88. The minimum absolute atomic E-state index is 0.294. The topological polar surface area (TPSA) is 142 Å². The first-order valence-electron chi connectivity index (χ1n) is 11.1. The normalized spacial score (nSPS) is 21.4. The van der Waals surface area contributed by atoms with E-state index < -0.39 is 46.5 Å². The summed E-state index contributed by atoms with van der Waals surface area (Å²) in [5.74, 6) is -2.17. The number of likely N-dealkylation sites (N-methyl/N-ethyl adjacent to an activating group) is 1. The van der Waals surface area contributed by atoms with Gasteiger partial charge in [-0.25, -0.2) is 9.59 Å². The van der Waals surface area contributed by atoms with Crippen molar-refractivity contribution in [2.75, 3.05) is 7.05 Å². The fourth-order valence-corrected chi connectivity index (χ4v) is 4.32. The molecule has 182 valence electrons. The van der Waals surface area contributed by atoms with Crippen molar-refractivity contribution in [2.45, 2.75) is 37.5 Å². The van der Waals surface area contributed by atoms with Crippen molar-refractivity contribution < 1.29 is 28.8 Å². The molecule has 1 atom stereocenters. The van der Waals surface area contributed by atoms with Gasteiger partial charge >= 0.3 is 12.1 Å². The number of hydrogen-bond acceptors (Lipinski definition) is 6. The van der Waals surface area contributed by atoms with E-state index >= 15 is 0 Å². The molecule has 0 saturated carbocycles. The molecule has 2 fully saturated rings. The highest BCUT2D eigenvalue weighted by Crippen LogP contribution is 2.33. The van der Waals surface area contributed by atoms with Crippen LogP contribution in [0.15, 0.2) is 60.7 Å². The number of nitrogens with one attached hydrogen (secondary N) is 3. The highest BCUT2D eigenvalue weighted by atomic mass is 16.2. The van der Waals surface area contributed by atoms with Gasteiger partial charge in [-0.2, -0.15) is 0 Å². The molecule has 3 N–H and O–H groups in total. The van der Waals surface area contributed by atoms with E-state index in [1.807, 2.05) is 6.07 Å². The Hall–Kier alpha value is -4.34. The van der Waals surface area contributed by atoms with Crippen LogP contribution in [0.2, 0.25) is 0 Å². The maximum atomic E-state index is 12.3. The molecule has 2 saturated heterocycles. The summed E-state index contributed by atoms with van der Waals surface area (Å²) in [5.41, 5.74) is -1.42. The number of benzene rings is 2. The predicted molar refractivity (Wildman–Crippen MR) is 125 cm³/mol. The number of barbiturate groups is 2. The van der Waals surface area contributed by atoms with Gasteiger partial charge in [-0.05, 0) is 24.0 Å². The molecule has 2 aromatic rings. The second-order valence-corrected chi connectivity index (χ2v) is 8.11. The third kappa shape index (κ3) is 4.18. The van der Waals surface area contributed by atoms with E-state index in [4.69, 9.17) is 0 Å². The van der Waals surface area contributed by atoms with E-state index in [1.165, 1.54) is 7.05 Å². The first-order chi connectivity index (χ1) is 16.6. The molecule has 2 aliphatic rings. The Morgan fingerprint density at radius 1 is 0.629 bits per heavy atom. The zero-order valence-electron chi connectivity index (χ0n) is 19.6. The lowest BCUT2D eigenvalue weighted by Crippen LogP contribution is -2.64. The van der Waals surface area contributed by atoms with Crippen molar-refractivity contribution in [1.29, 1.82) is 0 Å². The van der Waals surface area contributed by atoms with Crippen molar-refractivity contribution in [3.8, 4) is 0 Å². The van der Waals surface area contributed by atoms with Crippen LogP contribution >= 0.6 is 0 Å². The summed E-state index contributed by atoms with van der Waals surface area (Å²) in [6.45, 7) is 3.50. The third-order valence-electron chi connectivity index (χ3n) is 6.41. The first kappa shape index (κ1) is 25.3. The van der Waals surface area contributed by atoms with E-state index in [1.54, 1.807) is 68.4 Å². The molecule has 4 rings (SSSR count). The van der Waals surface area contributed by atoms with Crippen molar-refractivity contribution >= 4 is 35.7 Å². The van der Waals surface area contributed by atoms with Crippen LogP contribution < -0.4 is 16.0 Å². The number of rotatable bonds is 4. The fraction of sp³-hybridized carbons (Fsp3) is 0.280. The third-order valence-corrected chi connectivity index (χ3v) is 6.41. The van der Waals surface area contributed by atoms with Crippen LogP contribution in [0, 0.1) is 0 Å². The summed E-state index contributed by atoms with van der Waals surface area (Å²) < 4.78 is 0. The lowest BCUT2D eigenvalue weighted by atomic mass is 9.75. The standard InChI is InChI=1S/C13H14N2O3.C12H12N2O3/c1-3-13(9-7-5-4-6-8-9)10(16)14-12(18)15(2)11(13)17;1-2-12(8-6-4-3-5-7-8)9(15)13-11(17)14-10(12)16/h4-8H,3H2,1-2H3,(H,14,16,18);3-7H,2H2,1H3,(H2,13,14,15,16,17). The highest BCUT2D eigenvalue weighted by Gasteiger charge is 2.53. The fourth-order valence-electron chi connectivity index (χ4n) is 4.32. The molecule has 0 aromatic heterocycles. The summed E-state index contributed by atoms with van der Waals surface area (Å²) in [6.07, 6.45) is 0.598. The lowest BCUT2D eigenvalue weighted by molar-refractivity contribution is -0.145. The summed E-state index contributed by atoms with van der Waals surface area (Å²) in [7, 11) is 1.37. The molecule has 0 radical (unpaired) electrons. The number of carbonyl (C=O) groups excluding carboxylic acids is 6. The van der Waals surface area contributed by atoms with E-state index in [-0.39, 0.29) is 0 Å². The molecular weight excluding hydrogens is 452 g/mol. The van der Waals surface area contributed by atoms with Crippen LogP contribution in [0.1, 0.15) is 37.8 Å². The number of hydrogen-bond donors (Lipinski definition) is 3. The zero-order chi connectivity index (χ0) is 25.8. The maximum Gasteiger partial charge on any atom is 0.330 e. The number of nitrogens with zero attached hydrogens (tertiary/aromatic N) is 1. The van der Waals surface area contributed by atoms with Crippen LogP contribution in [-0.4, -0.2) is 47.6 Å². The molecule has 35 heavy (non-hydrogen) atoms. The van der Waals surface area contributed by atoms with E-state index in [0.29, 0.717) is 24.0 Å². The molecule has 2 heterocycles. The van der Waals surface area contributed by atoms with Crippen molar-refractivity contribution in [1.82, 2.24) is 20.9 Å². The smallest absolute Gasteiger partial charge is 0.277 e. The van der Waals surface area contributed by atoms with E-state index in [0.717, 1.165) is 4.90 Å². The number of imide groups is 4. The maximum absolute atomic E-state index is 12.3. The Labute approximate surface area is 202 Å². The average molecular weight is 479 g/mol. The number of carbonyl (C=O) groups is 6. The molecule has 10 heteroatoms. The van der Waals surface area contributed by atoms with Gasteiger partial charge in [0, 0.05) is 7.05 Å². The summed E-state index contributed by atoms with van der Waals surface area (Å²) in [5, 5.41) is 6.51. The minimum atomic E-state index is -1.31. The van der Waals surface area contributed by atoms with E-state index in [2.05, 4.69) is 16.0 Å². The van der Waals surface area contributed by atoms with Crippen LogP contribution in [-0.2, 0) is 30.0 Å². The second-order valence-electron chi connectivity index (χ2n) is 8.11. The van der Waals surface area contributed by atoms with Crippen molar-refractivity contribution in [3.05, 3.63) is 71.8 Å². The van der Waals surface area contributed by atoms with Gasteiger partial charge < -0.3 is 0 Å². The molecular formula is C25H26N4O6. The van der Waals surface area contributed by atoms with Gasteiger partial charge in [-0.1, -0.05) is 74.5 Å². The van der Waals surface area contributed by atoms with Gasteiger partial charge in [0.25, 0.3) is 5.91 Å². The quantitative estimate of drug-likeness (QED) is 0.572. The SMILES string of the molecule is CCC1(c2ccccc2)C(=O)NC(=O)N(C)C1=O.CCC1(c2ccccc2)C(=O)NC(=O)NC1=O. The first-order valence-corrected chi connectivity index (χ1v) is 11.1. The average Bonchev–Trinajstić information content (AvgIpc) is 2.85. The molecule has 2 aromatic carbocycles. The van der Waals surface area contributed by atoms with Crippen LogP contribution in [0.5, 0.6) is 0 Å². The highest BCUT2D eigenvalue weighted by molar-refractivity contribution is 6.23. The van der Waals surface area contributed by atoms with Gasteiger partial charge in [0.05, 0.1) is 0 Å². The molecule has 0 bridgehead atoms. The lowest BCUT2D eigenvalue weighted by Gasteiger charge is -2.37. The largest absolute Gasteiger partial charge is 0.330 e. The van der Waals surface area contributed by atoms with Gasteiger partial charge in [0.2, 0.25) is 17.7 Å². The van der Waals surface area contributed by atoms with Gasteiger partial charge in [-0.3, -0.25) is 40.0 Å². The molecule has 10 nitrogen and oxygen atoms in total. The molecule has 0 aliphatic carbocycles. The number of urea groups is 2. The molecule has 1 unspecified atom stereocenters. The predicted octanol–water partition coefficient (Wildman–Crippen LogP) is 1.74.